The topological polar surface area (TPSA) is 137 Å². The van der Waals surface area contributed by atoms with E-state index in [1.807, 2.05) is 20.8 Å². The first-order chi connectivity index (χ1) is 16.8. The normalized spacial score (nSPS) is 16.9. The van der Waals surface area contributed by atoms with Gasteiger partial charge in [0.2, 0.25) is 5.91 Å². The molecule has 0 saturated carbocycles. The highest BCUT2D eigenvalue weighted by atomic mass is 16.5. The Bertz CT molecular complexity index is 940. The van der Waals surface area contributed by atoms with Crippen molar-refractivity contribution in [3.63, 3.8) is 0 Å². The number of nitrogens with zero attached hydrogens (tertiary/aromatic N) is 1. The molecule has 4 atom stereocenters. The van der Waals surface area contributed by atoms with Gasteiger partial charge in [-0.25, -0.2) is 0 Å². The highest BCUT2D eigenvalue weighted by Gasteiger charge is 2.39. The second-order valence-corrected chi connectivity index (χ2v) is 10.6. The number of rotatable bonds is 15. The van der Waals surface area contributed by atoms with E-state index in [4.69, 9.17) is 4.74 Å². The maximum atomic E-state index is 13.4. The Hall–Kier alpha value is -3.08. The van der Waals surface area contributed by atoms with Crippen molar-refractivity contribution in [3.8, 4) is 11.8 Å². The summed E-state index contributed by atoms with van der Waals surface area (Å²) in [5, 5.41) is 31.9. The number of phenolic OH excluding ortho intramolecular Hbond substituents is 1. The molecule has 8 heteroatoms. The standard InChI is InChI=1S/C28H42N2O6/c1-7-26(3,24(33)34)17-18-28(5,23(32)30-21-9-11-22(31)12-10-21)16-14-20(19-29)13-15-27(4,8-2)25(35)36-6/h9-12,20,31H,7-8,13-18H2,1-6H3,(H,30,32)(H,33,34). The summed E-state index contributed by atoms with van der Waals surface area (Å²) in [6.07, 6.45) is 3.48. The third kappa shape index (κ3) is 8.25. The average Bonchev–Trinajstić information content (AvgIpc) is 2.87. The molecule has 36 heavy (non-hydrogen) atoms. The number of anilines is 1. The Labute approximate surface area is 215 Å². The number of ether oxygens (including phenoxy) is 1. The van der Waals surface area contributed by atoms with Crippen LogP contribution in [0.3, 0.4) is 0 Å². The smallest absolute Gasteiger partial charge is 0.311 e. The van der Waals surface area contributed by atoms with Gasteiger partial charge in [-0.1, -0.05) is 20.8 Å². The molecule has 0 saturated heterocycles. The van der Waals surface area contributed by atoms with Gasteiger partial charge in [0, 0.05) is 17.0 Å². The zero-order chi connectivity index (χ0) is 27.6. The molecular weight excluding hydrogens is 460 g/mol. The first-order valence-electron chi connectivity index (χ1n) is 12.6. The number of amides is 1. The second kappa shape index (κ2) is 13.3. The SMILES string of the molecule is CCC(C)(CCC(C)(CCC(C#N)CCC(C)(CC)C(=O)OC)C(=O)Nc1ccc(O)cc1)C(=O)O. The van der Waals surface area contributed by atoms with Crippen LogP contribution in [0.15, 0.2) is 24.3 Å². The van der Waals surface area contributed by atoms with Crippen molar-refractivity contribution in [3.05, 3.63) is 24.3 Å². The molecule has 0 aliphatic heterocycles. The van der Waals surface area contributed by atoms with E-state index in [-0.39, 0.29) is 23.5 Å². The Kier molecular flexibility index (Phi) is 11.4. The lowest BCUT2D eigenvalue weighted by Crippen LogP contribution is -2.37. The first kappa shape index (κ1) is 31.0. The van der Waals surface area contributed by atoms with Crippen molar-refractivity contribution in [2.24, 2.45) is 22.2 Å². The van der Waals surface area contributed by atoms with Crippen LogP contribution < -0.4 is 5.32 Å². The van der Waals surface area contributed by atoms with Crippen LogP contribution in [0.1, 0.15) is 86.0 Å². The molecule has 0 heterocycles. The molecule has 4 unspecified atom stereocenters. The maximum Gasteiger partial charge on any atom is 0.311 e. The van der Waals surface area contributed by atoms with Gasteiger partial charge in [0.05, 0.1) is 24.0 Å². The minimum absolute atomic E-state index is 0.0822. The van der Waals surface area contributed by atoms with E-state index in [0.717, 1.165) is 0 Å². The number of esters is 1. The zero-order valence-corrected chi connectivity index (χ0v) is 22.5. The van der Waals surface area contributed by atoms with Crippen LogP contribution >= 0.6 is 0 Å². The summed E-state index contributed by atoms with van der Waals surface area (Å²) in [4.78, 5) is 37.5. The summed E-state index contributed by atoms with van der Waals surface area (Å²) in [7, 11) is 1.36. The number of carbonyl (C=O) groups excluding carboxylic acids is 2. The predicted octanol–water partition coefficient (Wildman–Crippen LogP) is 5.91. The van der Waals surface area contributed by atoms with Gasteiger partial charge in [-0.2, -0.15) is 5.26 Å². The second-order valence-electron chi connectivity index (χ2n) is 10.6. The Morgan fingerprint density at radius 2 is 1.44 bits per heavy atom. The minimum Gasteiger partial charge on any atom is -0.508 e. The third-order valence-corrected chi connectivity index (χ3v) is 7.93. The van der Waals surface area contributed by atoms with Gasteiger partial charge in [-0.15, -0.1) is 0 Å². The summed E-state index contributed by atoms with van der Waals surface area (Å²) in [5.74, 6) is -1.74. The van der Waals surface area contributed by atoms with Crippen LogP contribution in [-0.2, 0) is 19.1 Å². The van der Waals surface area contributed by atoms with Gasteiger partial charge in [0.1, 0.15) is 5.75 Å². The molecular formula is C28H42N2O6. The van der Waals surface area contributed by atoms with Crippen LogP contribution in [0.5, 0.6) is 5.75 Å². The number of benzene rings is 1. The van der Waals surface area contributed by atoms with E-state index in [1.165, 1.54) is 19.2 Å². The van der Waals surface area contributed by atoms with Crippen LogP contribution in [0.2, 0.25) is 0 Å². The van der Waals surface area contributed by atoms with Crippen molar-refractivity contribution >= 4 is 23.5 Å². The lowest BCUT2D eigenvalue weighted by atomic mass is 9.72. The predicted molar refractivity (Wildman–Crippen MR) is 138 cm³/mol. The number of carboxylic acids is 1. The van der Waals surface area contributed by atoms with E-state index in [1.54, 1.807) is 26.0 Å². The average molecular weight is 503 g/mol. The van der Waals surface area contributed by atoms with Crippen LogP contribution in [-0.4, -0.2) is 35.2 Å². The number of phenols is 1. The molecule has 0 bridgehead atoms. The largest absolute Gasteiger partial charge is 0.508 e. The van der Waals surface area contributed by atoms with Crippen LogP contribution in [0, 0.1) is 33.5 Å². The van der Waals surface area contributed by atoms with Gasteiger partial charge < -0.3 is 20.3 Å². The van der Waals surface area contributed by atoms with Gasteiger partial charge in [0.15, 0.2) is 0 Å². The molecule has 3 N–H and O–H groups in total. The molecule has 0 fully saturated rings. The summed E-state index contributed by atoms with van der Waals surface area (Å²) in [6.45, 7) is 9.06. The van der Waals surface area contributed by atoms with Gasteiger partial charge in [-0.05, 0) is 89.5 Å². The molecule has 1 amide bonds. The number of aromatic hydroxyl groups is 1. The summed E-state index contributed by atoms with van der Waals surface area (Å²) < 4.78 is 4.94. The maximum absolute atomic E-state index is 13.4. The van der Waals surface area contributed by atoms with E-state index >= 15 is 0 Å². The summed E-state index contributed by atoms with van der Waals surface area (Å²) >= 11 is 0. The molecule has 0 aromatic heterocycles. The molecule has 0 radical (unpaired) electrons. The first-order valence-corrected chi connectivity index (χ1v) is 12.6. The molecule has 1 aromatic carbocycles. The van der Waals surface area contributed by atoms with Crippen molar-refractivity contribution < 1.29 is 29.3 Å². The molecule has 0 spiro atoms. The van der Waals surface area contributed by atoms with Crippen LogP contribution in [0.25, 0.3) is 0 Å². The van der Waals surface area contributed by atoms with E-state index in [0.29, 0.717) is 57.1 Å². The monoisotopic (exact) mass is 502 g/mol. The molecule has 1 rings (SSSR count). The quantitative estimate of drug-likeness (QED) is 0.200. The lowest BCUT2D eigenvalue weighted by molar-refractivity contribution is -0.152. The fraction of sp³-hybridized carbons (Fsp3) is 0.643. The number of methoxy groups -OCH3 is 1. The highest BCUT2D eigenvalue weighted by Crippen LogP contribution is 2.40. The van der Waals surface area contributed by atoms with Crippen molar-refractivity contribution in [1.29, 1.82) is 5.26 Å². The summed E-state index contributed by atoms with van der Waals surface area (Å²) in [6, 6.07) is 8.46. The molecule has 200 valence electrons. The molecule has 1 aromatic rings. The Morgan fingerprint density at radius 1 is 0.944 bits per heavy atom. The zero-order valence-electron chi connectivity index (χ0n) is 22.5. The number of nitriles is 1. The van der Waals surface area contributed by atoms with Gasteiger partial charge >= 0.3 is 11.9 Å². The Morgan fingerprint density at radius 3 is 1.89 bits per heavy atom. The lowest BCUT2D eigenvalue weighted by Gasteiger charge is -2.33. The van der Waals surface area contributed by atoms with Gasteiger partial charge in [0.25, 0.3) is 0 Å². The third-order valence-electron chi connectivity index (χ3n) is 7.93. The number of nitrogens with one attached hydrogen (secondary N) is 1. The number of carbonyl (C=O) groups is 3. The van der Waals surface area contributed by atoms with Crippen molar-refractivity contribution in [1.82, 2.24) is 0 Å². The van der Waals surface area contributed by atoms with E-state index in [2.05, 4.69) is 11.4 Å². The fourth-order valence-electron chi connectivity index (χ4n) is 4.09. The minimum atomic E-state index is -0.960. The fourth-order valence-corrected chi connectivity index (χ4v) is 4.09. The number of aliphatic carboxylic acids is 1. The number of hydrogen-bond donors (Lipinski definition) is 3. The van der Waals surface area contributed by atoms with Crippen LogP contribution in [0.4, 0.5) is 5.69 Å². The molecule has 0 aliphatic carbocycles. The molecule has 0 aliphatic rings. The highest BCUT2D eigenvalue weighted by molar-refractivity contribution is 5.95. The van der Waals surface area contributed by atoms with Crippen molar-refractivity contribution in [2.75, 3.05) is 12.4 Å². The molecule has 8 nitrogen and oxygen atoms in total. The Balaban J connectivity index is 3.06. The number of carboxylic acid groups (broad SMARTS) is 1. The summed E-state index contributed by atoms with van der Waals surface area (Å²) in [5.41, 5.74) is -2.03. The number of hydrogen-bond acceptors (Lipinski definition) is 6. The van der Waals surface area contributed by atoms with E-state index in [9.17, 15) is 29.9 Å². The van der Waals surface area contributed by atoms with Gasteiger partial charge in [-0.3, -0.25) is 14.4 Å². The van der Waals surface area contributed by atoms with Crippen molar-refractivity contribution in [2.45, 2.75) is 86.0 Å². The van der Waals surface area contributed by atoms with E-state index < -0.39 is 22.2 Å².